The molecule has 0 bridgehead atoms. The maximum absolute atomic E-state index is 12.7. The Morgan fingerprint density at radius 3 is 2.86 bits per heavy atom. The van der Waals surface area contributed by atoms with E-state index >= 15 is 0 Å². The molecule has 1 heterocycles. The number of furan rings is 1. The van der Waals surface area contributed by atoms with E-state index in [-0.39, 0.29) is 17.7 Å². The van der Waals surface area contributed by atoms with Crippen LogP contribution in [-0.2, 0) is 15.1 Å². The zero-order chi connectivity index (χ0) is 15.4. The Morgan fingerprint density at radius 2 is 2.19 bits per heavy atom. The van der Waals surface area contributed by atoms with Crippen molar-refractivity contribution < 1.29 is 18.7 Å². The van der Waals surface area contributed by atoms with Crippen molar-refractivity contribution in [2.24, 2.45) is 5.92 Å². The molecule has 0 fully saturated rings. The number of Topliss-reactive ketones (excluding diaryl/α,β-unsaturated/α-hetero) is 1. The van der Waals surface area contributed by atoms with Crippen molar-refractivity contribution in [1.82, 2.24) is 0 Å². The molecule has 2 aliphatic carbocycles. The maximum Gasteiger partial charge on any atom is 0.303 e. The molecule has 0 amide bonds. The van der Waals surface area contributed by atoms with Crippen LogP contribution >= 0.6 is 0 Å². The molecule has 2 atom stereocenters. The highest BCUT2D eigenvalue weighted by Gasteiger charge is 2.49. The average Bonchev–Trinajstić information content (AvgIpc) is 2.78. The molecule has 3 rings (SSSR count). The molecule has 0 radical (unpaired) electrons. The average molecular weight is 288 g/mol. The lowest BCUT2D eigenvalue weighted by Gasteiger charge is -2.41. The van der Waals surface area contributed by atoms with Crippen molar-refractivity contribution in [3.8, 4) is 0 Å². The first-order chi connectivity index (χ1) is 9.86. The molecule has 0 unspecified atom stereocenters. The molecule has 1 aromatic rings. The van der Waals surface area contributed by atoms with Crippen molar-refractivity contribution in [3.05, 3.63) is 34.3 Å². The largest absolute Gasteiger partial charge is 0.460 e. The van der Waals surface area contributed by atoms with Gasteiger partial charge in [0.2, 0.25) is 5.78 Å². The summed E-state index contributed by atoms with van der Waals surface area (Å²) in [6, 6.07) is 0. The number of carbonyl (C=O) groups is 2. The van der Waals surface area contributed by atoms with Crippen LogP contribution in [0.2, 0.25) is 0 Å². The Morgan fingerprint density at radius 1 is 1.48 bits per heavy atom. The SMILES string of the molecule is CC(=O)O[C@]1(C)C2=C(CCC[C@@H]2C)C(=O)c2occ(C)c21. The van der Waals surface area contributed by atoms with Crippen LogP contribution in [0.25, 0.3) is 0 Å². The van der Waals surface area contributed by atoms with E-state index in [4.69, 9.17) is 9.15 Å². The van der Waals surface area contributed by atoms with Crippen LogP contribution in [0.15, 0.2) is 21.8 Å². The van der Waals surface area contributed by atoms with E-state index in [0.29, 0.717) is 5.76 Å². The van der Waals surface area contributed by atoms with Crippen LogP contribution in [0.1, 0.15) is 61.7 Å². The second kappa shape index (κ2) is 4.58. The molecule has 0 aliphatic heterocycles. The Hall–Kier alpha value is -1.84. The van der Waals surface area contributed by atoms with Crippen molar-refractivity contribution >= 4 is 11.8 Å². The molecule has 0 N–H and O–H groups in total. The normalized spacial score (nSPS) is 28.2. The molecule has 112 valence electrons. The summed E-state index contributed by atoms with van der Waals surface area (Å²) in [5, 5.41) is 0. The highest BCUT2D eigenvalue weighted by molar-refractivity contribution is 6.10. The molecular weight excluding hydrogens is 268 g/mol. The monoisotopic (exact) mass is 288 g/mol. The van der Waals surface area contributed by atoms with Crippen molar-refractivity contribution in [2.75, 3.05) is 0 Å². The maximum atomic E-state index is 12.7. The number of esters is 1. The van der Waals surface area contributed by atoms with Gasteiger partial charge in [-0.05, 0) is 50.2 Å². The number of aryl methyl sites for hydroxylation is 1. The molecular formula is C17H20O4. The fraction of sp³-hybridized carbons (Fsp3) is 0.529. The second-order valence-electron chi connectivity index (χ2n) is 6.26. The lowest BCUT2D eigenvalue weighted by atomic mass is 9.67. The van der Waals surface area contributed by atoms with Gasteiger partial charge in [-0.2, -0.15) is 0 Å². The van der Waals surface area contributed by atoms with Crippen molar-refractivity contribution in [2.45, 2.75) is 52.6 Å². The van der Waals surface area contributed by atoms with Crippen LogP contribution in [-0.4, -0.2) is 11.8 Å². The number of hydrogen-bond acceptors (Lipinski definition) is 4. The minimum atomic E-state index is -0.888. The molecule has 21 heavy (non-hydrogen) atoms. The predicted octanol–water partition coefficient (Wildman–Crippen LogP) is 3.68. The van der Waals surface area contributed by atoms with E-state index in [1.54, 1.807) is 6.26 Å². The molecule has 0 saturated heterocycles. The molecule has 0 spiro atoms. The van der Waals surface area contributed by atoms with Gasteiger partial charge < -0.3 is 9.15 Å². The minimum absolute atomic E-state index is 0.0377. The van der Waals surface area contributed by atoms with Gasteiger partial charge in [-0.25, -0.2) is 0 Å². The first-order valence-electron chi connectivity index (χ1n) is 7.42. The predicted molar refractivity (Wildman–Crippen MR) is 76.9 cm³/mol. The van der Waals surface area contributed by atoms with Gasteiger partial charge in [0.15, 0.2) is 11.4 Å². The van der Waals surface area contributed by atoms with Gasteiger partial charge >= 0.3 is 5.97 Å². The Bertz CT molecular complexity index is 664. The van der Waals surface area contributed by atoms with Crippen molar-refractivity contribution in [3.63, 3.8) is 0 Å². The summed E-state index contributed by atoms with van der Waals surface area (Å²) in [5.74, 6) is 0.181. The number of carbonyl (C=O) groups excluding carboxylic acids is 2. The topological polar surface area (TPSA) is 56.5 Å². The Kier molecular flexibility index (Phi) is 3.08. The number of rotatable bonds is 1. The second-order valence-corrected chi connectivity index (χ2v) is 6.26. The molecule has 0 aromatic carbocycles. The lowest BCUT2D eigenvalue weighted by Crippen LogP contribution is -2.41. The Balaban J connectivity index is 2.29. The number of allylic oxidation sites excluding steroid dienone is 1. The zero-order valence-electron chi connectivity index (χ0n) is 12.9. The van der Waals surface area contributed by atoms with E-state index in [2.05, 4.69) is 6.92 Å². The molecule has 4 heteroatoms. The van der Waals surface area contributed by atoms with Crippen LogP contribution in [0, 0.1) is 12.8 Å². The van der Waals surface area contributed by atoms with E-state index in [0.717, 1.165) is 41.5 Å². The molecule has 1 aromatic heterocycles. The van der Waals surface area contributed by atoms with Crippen molar-refractivity contribution in [1.29, 1.82) is 0 Å². The van der Waals surface area contributed by atoms with Crippen LogP contribution in [0.3, 0.4) is 0 Å². The van der Waals surface area contributed by atoms with Crippen LogP contribution < -0.4 is 0 Å². The van der Waals surface area contributed by atoms with Crippen LogP contribution in [0.4, 0.5) is 0 Å². The zero-order valence-corrected chi connectivity index (χ0v) is 12.9. The molecule has 2 aliphatic rings. The number of ether oxygens (including phenoxy) is 1. The number of hydrogen-bond donors (Lipinski definition) is 0. The van der Waals surface area contributed by atoms with Gasteiger partial charge in [-0.1, -0.05) is 6.92 Å². The minimum Gasteiger partial charge on any atom is -0.460 e. The van der Waals surface area contributed by atoms with E-state index in [1.165, 1.54) is 6.92 Å². The van der Waals surface area contributed by atoms with Gasteiger partial charge in [0.25, 0.3) is 0 Å². The summed E-state index contributed by atoms with van der Waals surface area (Å²) in [7, 11) is 0. The third-order valence-electron chi connectivity index (χ3n) is 4.68. The summed E-state index contributed by atoms with van der Waals surface area (Å²) < 4.78 is 11.2. The summed E-state index contributed by atoms with van der Waals surface area (Å²) >= 11 is 0. The first-order valence-corrected chi connectivity index (χ1v) is 7.42. The smallest absolute Gasteiger partial charge is 0.303 e. The third-order valence-corrected chi connectivity index (χ3v) is 4.68. The fourth-order valence-electron chi connectivity index (χ4n) is 4.02. The summed E-state index contributed by atoms with van der Waals surface area (Å²) in [5.41, 5.74) is 2.42. The third kappa shape index (κ3) is 1.88. The molecule has 4 nitrogen and oxygen atoms in total. The van der Waals surface area contributed by atoms with E-state index in [1.807, 2.05) is 13.8 Å². The number of ketones is 1. The standard InChI is InChI=1S/C17H20O4/c1-9-6-5-7-12-13(9)17(4,21-11(3)18)14-10(2)8-20-16(14)15(12)19/h8-9H,5-7H2,1-4H3/t9-,17+/m0/s1. The van der Waals surface area contributed by atoms with E-state index in [9.17, 15) is 9.59 Å². The van der Waals surface area contributed by atoms with Gasteiger partial charge in [-0.3, -0.25) is 9.59 Å². The lowest BCUT2D eigenvalue weighted by molar-refractivity contribution is -0.153. The highest BCUT2D eigenvalue weighted by Crippen LogP contribution is 2.50. The summed E-state index contributed by atoms with van der Waals surface area (Å²) in [6.45, 7) is 7.28. The fourth-order valence-corrected chi connectivity index (χ4v) is 4.02. The quantitative estimate of drug-likeness (QED) is 0.740. The summed E-state index contributed by atoms with van der Waals surface area (Å²) in [6.07, 6.45) is 4.30. The molecule has 0 saturated carbocycles. The van der Waals surface area contributed by atoms with Gasteiger partial charge in [-0.15, -0.1) is 0 Å². The van der Waals surface area contributed by atoms with Crippen LogP contribution in [0.5, 0.6) is 0 Å². The van der Waals surface area contributed by atoms with E-state index < -0.39 is 5.60 Å². The first kappa shape index (κ1) is 14.1. The van der Waals surface area contributed by atoms with Gasteiger partial charge in [0, 0.05) is 12.5 Å². The van der Waals surface area contributed by atoms with Gasteiger partial charge in [0.05, 0.1) is 11.8 Å². The Labute approximate surface area is 124 Å². The highest BCUT2D eigenvalue weighted by atomic mass is 16.6. The number of fused-ring (bicyclic) bond motifs is 1. The van der Waals surface area contributed by atoms with Gasteiger partial charge in [0.1, 0.15) is 0 Å². The summed E-state index contributed by atoms with van der Waals surface area (Å²) in [4.78, 5) is 24.4.